The fourth-order valence-electron chi connectivity index (χ4n) is 2.54. The van der Waals surface area contributed by atoms with Gasteiger partial charge in [-0.2, -0.15) is 0 Å². The molecule has 0 radical (unpaired) electrons. The van der Waals surface area contributed by atoms with E-state index in [0.717, 1.165) is 18.9 Å². The van der Waals surface area contributed by atoms with Crippen LogP contribution in [-0.2, 0) is 0 Å². The van der Waals surface area contributed by atoms with Crippen LogP contribution >= 0.6 is 0 Å². The summed E-state index contributed by atoms with van der Waals surface area (Å²) in [5, 5.41) is 7.35. The van der Waals surface area contributed by atoms with Crippen molar-refractivity contribution < 1.29 is 0 Å². The monoisotopic (exact) mass is 247 g/mol. The topological polar surface area (TPSA) is 69.2 Å². The Balaban J connectivity index is 2.11. The first-order valence-electron chi connectivity index (χ1n) is 6.21. The fraction of sp³-hybridized carbons (Fsp3) is 0.538. The van der Waals surface area contributed by atoms with E-state index in [1.165, 1.54) is 0 Å². The van der Waals surface area contributed by atoms with Gasteiger partial charge in [-0.25, -0.2) is 4.98 Å². The van der Waals surface area contributed by atoms with E-state index in [4.69, 9.17) is 11.1 Å². The lowest BCUT2D eigenvalue weighted by atomic mass is 10.1. The first-order chi connectivity index (χ1) is 8.49. The van der Waals surface area contributed by atoms with Gasteiger partial charge < -0.3 is 15.5 Å². The third kappa shape index (κ3) is 2.46. The highest BCUT2D eigenvalue weighted by atomic mass is 15.3. The number of hydrogen-bond donors (Lipinski definition) is 2. The molecule has 2 unspecified atom stereocenters. The van der Waals surface area contributed by atoms with Crippen molar-refractivity contribution in [1.29, 1.82) is 5.41 Å². The molecule has 2 atom stereocenters. The van der Waals surface area contributed by atoms with Gasteiger partial charge in [-0.1, -0.05) is 6.92 Å². The number of likely N-dealkylation sites (N-methyl/N-ethyl adjacent to an activating group) is 1. The Morgan fingerprint density at radius 1 is 1.44 bits per heavy atom. The number of nitrogens with zero attached hydrogens (tertiary/aromatic N) is 3. The SMILES string of the molecule is CC1CN(c2ccc(C(=N)N)cn2)CC1N(C)C. The molecular weight excluding hydrogens is 226 g/mol. The van der Waals surface area contributed by atoms with Crippen molar-refractivity contribution in [2.24, 2.45) is 11.7 Å². The standard InChI is InChI=1S/C13H21N5/c1-9-7-18(8-11(9)17(2)3)12-5-4-10(6-16-12)13(14)15/h4-6,9,11H,7-8H2,1-3H3,(H3,14,15). The van der Waals surface area contributed by atoms with Crippen LogP contribution in [-0.4, -0.2) is 48.9 Å². The predicted octanol–water partition coefficient (Wildman–Crippen LogP) is 0.752. The van der Waals surface area contributed by atoms with Gasteiger partial charge in [-0.05, 0) is 32.1 Å². The summed E-state index contributed by atoms with van der Waals surface area (Å²) in [4.78, 5) is 8.96. The molecule has 1 aliphatic rings. The first kappa shape index (κ1) is 12.8. The lowest BCUT2D eigenvalue weighted by Crippen LogP contribution is -2.34. The molecule has 0 aromatic carbocycles. The second-order valence-corrected chi connectivity index (χ2v) is 5.23. The van der Waals surface area contributed by atoms with E-state index in [9.17, 15) is 0 Å². The number of nitrogens with one attached hydrogen (secondary N) is 1. The summed E-state index contributed by atoms with van der Waals surface area (Å²) in [7, 11) is 4.24. The van der Waals surface area contributed by atoms with Crippen molar-refractivity contribution in [3.8, 4) is 0 Å². The lowest BCUT2D eigenvalue weighted by molar-refractivity contribution is 0.266. The molecule has 1 aliphatic heterocycles. The van der Waals surface area contributed by atoms with Crippen molar-refractivity contribution in [2.75, 3.05) is 32.1 Å². The number of anilines is 1. The van der Waals surface area contributed by atoms with Gasteiger partial charge in [0.2, 0.25) is 0 Å². The molecule has 5 nitrogen and oxygen atoms in total. The van der Waals surface area contributed by atoms with Crippen LogP contribution in [0.4, 0.5) is 5.82 Å². The van der Waals surface area contributed by atoms with Gasteiger partial charge >= 0.3 is 0 Å². The minimum absolute atomic E-state index is 0.0648. The van der Waals surface area contributed by atoms with Crippen molar-refractivity contribution in [1.82, 2.24) is 9.88 Å². The van der Waals surface area contributed by atoms with E-state index in [1.54, 1.807) is 6.20 Å². The van der Waals surface area contributed by atoms with Crippen molar-refractivity contribution in [3.63, 3.8) is 0 Å². The van der Waals surface area contributed by atoms with Crippen molar-refractivity contribution in [3.05, 3.63) is 23.9 Å². The van der Waals surface area contributed by atoms with Gasteiger partial charge in [0.1, 0.15) is 11.7 Å². The number of rotatable bonds is 3. The van der Waals surface area contributed by atoms with Crippen LogP contribution in [0, 0.1) is 11.3 Å². The van der Waals surface area contributed by atoms with Crippen LogP contribution < -0.4 is 10.6 Å². The molecule has 3 N–H and O–H groups in total. The molecule has 0 aliphatic carbocycles. The number of amidine groups is 1. The van der Waals surface area contributed by atoms with Gasteiger partial charge in [0.25, 0.3) is 0 Å². The molecule has 1 aromatic heterocycles. The minimum Gasteiger partial charge on any atom is -0.384 e. The van der Waals surface area contributed by atoms with Gasteiger partial charge in [0.05, 0.1) is 0 Å². The van der Waals surface area contributed by atoms with Crippen LogP contribution in [0.15, 0.2) is 18.3 Å². The largest absolute Gasteiger partial charge is 0.384 e. The zero-order valence-electron chi connectivity index (χ0n) is 11.2. The number of pyridine rings is 1. The highest BCUT2D eigenvalue weighted by Gasteiger charge is 2.31. The zero-order valence-corrected chi connectivity index (χ0v) is 11.2. The Labute approximate surface area is 108 Å². The van der Waals surface area contributed by atoms with Crippen LogP contribution in [0.3, 0.4) is 0 Å². The number of nitrogens with two attached hydrogens (primary N) is 1. The Kier molecular flexibility index (Phi) is 3.52. The average molecular weight is 247 g/mol. The molecule has 98 valence electrons. The number of nitrogen functional groups attached to an aromatic ring is 1. The maximum Gasteiger partial charge on any atom is 0.128 e. The summed E-state index contributed by atoms with van der Waals surface area (Å²) in [5.41, 5.74) is 6.10. The summed E-state index contributed by atoms with van der Waals surface area (Å²) in [6, 6.07) is 4.37. The van der Waals surface area contributed by atoms with Gasteiger partial charge in [-0.15, -0.1) is 0 Å². The molecule has 0 spiro atoms. The Morgan fingerprint density at radius 2 is 2.17 bits per heavy atom. The molecule has 18 heavy (non-hydrogen) atoms. The Morgan fingerprint density at radius 3 is 2.61 bits per heavy atom. The van der Waals surface area contributed by atoms with Gasteiger partial charge in [-0.3, -0.25) is 5.41 Å². The predicted molar refractivity (Wildman–Crippen MR) is 74.1 cm³/mol. The maximum absolute atomic E-state index is 7.35. The molecule has 2 heterocycles. The van der Waals surface area contributed by atoms with Crippen LogP contribution in [0.1, 0.15) is 12.5 Å². The normalized spacial score (nSPS) is 23.7. The van der Waals surface area contributed by atoms with E-state index in [0.29, 0.717) is 17.5 Å². The van der Waals surface area contributed by atoms with E-state index in [1.807, 2.05) is 12.1 Å². The van der Waals surface area contributed by atoms with Crippen LogP contribution in [0.25, 0.3) is 0 Å². The number of aromatic nitrogens is 1. The molecule has 1 saturated heterocycles. The lowest BCUT2D eigenvalue weighted by Gasteiger charge is -2.22. The Hall–Kier alpha value is -1.62. The third-order valence-electron chi connectivity index (χ3n) is 3.62. The summed E-state index contributed by atoms with van der Waals surface area (Å²) >= 11 is 0. The first-order valence-corrected chi connectivity index (χ1v) is 6.21. The molecule has 1 fully saturated rings. The zero-order chi connectivity index (χ0) is 13.3. The van der Waals surface area contributed by atoms with Gasteiger partial charge in [0, 0.05) is 30.9 Å². The fourth-order valence-corrected chi connectivity index (χ4v) is 2.54. The van der Waals surface area contributed by atoms with E-state index < -0.39 is 0 Å². The highest BCUT2D eigenvalue weighted by molar-refractivity contribution is 5.94. The molecule has 2 rings (SSSR count). The molecule has 1 aromatic rings. The van der Waals surface area contributed by atoms with Gasteiger partial charge in [0.15, 0.2) is 0 Å². The highest BCUT2D eigenvalue weighted by Crippen LogP contribution is 2.24. The smallest absolute Gasteiger partial charge is 0.128 e. The second kappa shape index (κ2) is 4.94. The quantitative estimate of drug-likeness (QED) is 0.611. The molecule has 0 amide bonds. The number of hydrogen-bond acceptors (Lipinski definition) is 4. The Bertz CT molecular complexity index is 426. The summed E-state index contributed by atoms with van der Waals surface area (Å²) in [6.07, 6.45) is 1.67. The van der Waals surface area contributed by atoms with Crippen LogP contribution in [0.2, 0.25) is 0 Å². The van der Waals surface area contributed by atoms with E-state index >= 15 is 0 Å². The van der Waals surface area contributed by atoms with E-state index in [-0.39, 0.29) is 5.84 Å². The minimum atomic E-state index is 0.0648. The maximum atomic E-state index is 7.35. The summed E-state index contributed by atoms with van der Waals surface area (Å²) in [5.74, 6) is 1.67. The third-order valence-corrected chi connectivity index (χ3v) is 3.62. The summed E-state index contributed by atoms with van der Waals surface area (Å²) in [6.45, 7) is 4.30. The molecule has 0 bridgehead atoms. The molecule has 5 heteroatoms. The van der Waals surface area contributed by atoms with E-state index in [2.05, 4.69) is 35.8 Å². The van der Waals surface area contributed by atoms with Crippen molar-refractivity contribution >= 4 is 11.7 Å². The molecule has 0 saturated carbocycles. The van der Waals surface area contributed by atoms with Crippen molar-refractivity contribution in [2.45, 2.75) is 13.0 Å². The van der Waals surface area contributed by atoms with Crippen LogP contribution in [0.5, 0.6) is 0 Å². The average Bonchev–Trinajstić information content (AvgIpc) is 2.71. The summed E-state index contributed by atoms with van der Waals surface area (Å²) < 4.78 is 0. The second-order valence-electron chi connectivity index (χ2n) is 5.23. The molecular formula is C13H21N5.